The minimum atomic E-state index is -1.09. The van der Waals surface area contributed by atoms with E-state index in [0.29, 0.717) is 19.5 Å². The molecule has 9 nitrogen and oxygen atoms in total. The fourth-order valence-corrected chi connectivity index (χ4v) is 4.89. The second-order valence-corrected chi connectivity index (χ2v) is 12.3. The minimum absolute atomic E-state index is 0.00186. The molecule has 0 aromatic heterocycles. The quantitative estimate of drug-likeness (QED) is 0.171. The summed E-state index contributed by atoms with van der Waals surface area (Å²) in [6.07, 6.45) is 8.04. The van der Waals surface area contributed by atoms with Crippen molar-refractivity contribution >= 4 is 23.8 Å². The van der Waals surface area contributed by atoms with Crippen LogP contribution in [-0.2, 0) is 19.1 Å². The molecule has 1 aromatic carbocycles. The molecule has 2 unspecified atom stereocenters. The largest absolute Gasteiger partial charge is 0.444 e. The van der Waals surface area contributed by atoms with E-state index in [9.17, 15) is 19.2 Å². The number of carbonyl (C=O) groups is 4. The van der Waals surface area contributed by atoms with E-state index < -0.39 is 35.6 Å². The molecule has 238 valence electrons. The fourth-order valence-electron chi connectivity index (χ4n) is 4.89. The normalized spacial score (nSPS) is 12.7. The number of nitrogens with one attached hydrogen (secondary N) is 2. The van der Waals surface area contributed by atoms with E-state index in [1.54, 1.807) is 25.7 Å². The van der Waals surface area contributed by atoms with Crippen LogP contribution in [0.1, 0.15) is 128 Å². The number of aryl methyl sites for hydroxylation is 2. The van der Waals surface area contributed by atoms with Crippen LogP contribution in [0.2, 0.25) is 0 Å². The Balaban J connectivity index is 3.50. The summed E-state index contributed by atoms with van der Waals surface area (Å²) in [7, 11) is 0. The lowest BCUT2D eigenvalue weighted by Gasteiger charge is -2.35. The molecule has 9 heteroatoms. The van der Waals surface area contributed by atoms with Crippen LogP contribution in [0, 0.1) is 13.8 Å². The molecule has 0 aliphatic carbocycles. The molecule has 0 bridgehead atoms. The third-order valence-corrected chi connectivity index (χ3v) is 7.06. The lowest BCUT2D eigenvalue weighted by Crippen LogP contribution is -2.53. The summed E-state index contributed by atoms with van der Waals surface area (Å²) in [5, 5.41) is 5.72. The zero-order chi connectivity index (χ0) is 31.7. The summed E-state index contributed by atoms with van der Waals surface area (Å²) in [6, 6.07) is 3.86. The van der Waals surface area contributed by atoms with Gasteiger partial charge in [-0.25, -0.2) is 4.79 Å². The predicted molar refractivity (Wildman–Crippen MR) is 168 cm³/mol. The summed E-state index contributed by atoms with van der Waals surface area (Å²) in [5.74, 6) is -1.28. The van der Waals surface area contributed by atoms with Crippen molar-refractivity contribution in [1.82, 2.24) is 15.5 Å². The number of nitrogens with two attached hydrogens (primary N) is 1. The Kier molecular flexibility index (Phi) is 16.8. The van der Waals surface area contributed by atoms with E-state index in [1.165, 1.54) is 0 Å². The number of rotatable bonds is 19. The summed E-state index contributed by atoms with van der Waals surface area (Å²) in [6.45, 7) is 14.2. The van der Waals surface area contributed by atoms with Gasteiger partial charge in [-0.2, -0.15) is 0 Å². The van der Waals surface area contributed by atoms with E-state index >= 15 is 0 Å². The minimum Gasteiger partial charge on any atom is -0.444 e. The summed E-state index contributed by atoms with van der Waals surface area (Å²) < 4.78 is 5.43. The molecule has 1 rings (SSSR count). The average molecular weight is 589 g/mol. The Bertz CT molecular complexity index is 1000. The molecule has 4 amide bonds. The summed E-state index contributed by atoms with van der Waals surface area (Å²) >= 11 is 0. The van der Waals surface area contributed by atoms with Crippen LogP contribution in [0.3, 0.4) is 0 Å². The van der Waals surface area contributed by atoms with E-state index in [2.05, 4.69) is 24.5 Å². The van der Waals surface area contributed by atoms with Gasteiger partial charge in [0, 0.05) is 19.5 Å². The van der Waals surface area contributed by atoms with Crippen LogP contribution < -0.4 is 16.4 Å². The number of hydrogen-bond acceptors (Lipinski definition) is 5. The Morgan fingerprint density at radius 3 is 2.14 bits per heavy atom. The van der Waals surface area contributed by atoms with Gasteiger partial charge < -0.3 is 26.0 Å². The number of unbranched alkanes of at least 4 members (excludes halogenated alkanes) is 7. The molecular formula is C33H56N4O5. The van der Waals surface area contributed by atoms with Crippen LogP contribution >= 0.6 is 0 Å². The lowest BCUT2D eigenvalue weighted by molar-refractivity contribution is -0.142. The molecule has 0 aliphatic heterocycles. The number of amides is 4. The number of alkyl carbamates (subject to hydrolysis) is 1. The molecule has 1 aromatic rings. The van der Waals surface area contributed by atoms with Crippen molar-refractivity contribution in [2.75, 3.05) is 13.1 Å². The van der Waals surface area contributed by atoms with E-state index in [1.807, 2.05) is 32.0 Å². The van der Waals surface area contributed by atoms with Gasteiger partial charge in [-0.1, -0.05) is 82.6 Å². The second kappa shape index (κ2) is 19.2. The second-order valence-electron chi connectivity index (χ2n) is 12.3. The molecule has 0 saturated carbocycles. The SMILES string of the molecule is CCCCCCCCN(C(=O)C(CCC(N)=O)NC(=O)OC(C)(C)C)C(C(=O)NCCCCC)c1ccc(C)cc1C. The van der Waals surface area contributed by atoms with Crippen molar-refractivity contribution in [3.63, 3.8) is 0 Å². The number of primary amides is 1. The average Bonchev–Trinajstić information content (AvgIpc) is 2.89. The van der Waals surface area contributed by atoms with E-state index in [-0.39, 0.29) is 18.7 Å². The zero-order valence-electron chi connectivity index (χ0n) is 27.1. The maximum absolute atomic E-state index is 14.3. The van der Waals surface area contributed by atoms with Crippen molar-refractivity contribution in [3.05, 3.63) is 34.9 Å². The van der Waals surface area contributed by atoms with Gasteiger partial charge in [0.05, 0.1) is 0 Å². The van der Waals surface area contributed by atoms with Crippen molar-refractivity contribution in [3.8, 4) is 0 Å². The van der Waals surface area contributed by atoms with Gasteiger partial charge in [-0.15, -0.1) is 0 Å². The van der Waals surface area contributed by atoms with Crippen molar-refractivity contribution in [2.45, 2.75) is 137 Å². The highest BCUT2D eigenvalue weighted by Gasteiger charge is 2.36. The lowest BCUT2D eigenvalue weighted by atomic mass is 9.95. The van der Waals surface area contributed by atoms with Gasteiger partial charge in [0.1, 0.15) is 17.7 Å². The highest BCUT2D eigenvalue weighted by Crippen LogP contribution is 2.28. The number of nitrogens with zero attached hydrogens (tertiary/aromatic N) is 1. The molecule has 2 atom stereocenters. The first kappa shape index (κ1) is 36.9. The van der Waals surface area contributed by atoms with Crippen LogP contribution in [0.5, 0.6) is 0 Å². The van der Waals surface area contributed by atoms with Crippen molar-refractivity contribution < 1.29 is 23.9 Å². The third-order valence-electron chi connectivity index (χ3n) is 7.06. The van der Waals surface area contributed by atoms with Gasteiger partial charge in [-0.05, 0) is 65.0 Å². The molecule has 0 fully saturated rings. The maximum atomic E-state index is 14.3. The molecule has 4 N–H and O–H groups in total. The van der Waals surface area contributed by atoms with Gasteiger partial charge in [-0.3, -0.25) is 14.4 Å². The Labute approximate surface area is 253 Å². The van der Waals surface area contributed by atoms with Gasteiger partial charge in [0.25, 0.3) is 0 Å². The molecule has 0 spiro atoms. The molecule has 0 heterocycles. The molecular weight excluding hydrogens is 532 g/mol. The highest BCUT2D eigenvalue weighted by molar-refractivity contribution is 5.92. The molecule has 0 radical (unpaired) electrons. The summed E-state index contributed by atoms with van der Waals surface area (Å²) in [4.78, 5) is 54.2. The third kappa shape index (κ3) is 14.2. The van der Waals surface area contributed by atoms with Gasteiger partial charge >= 0.3 is 6.09 Å². The van der Waals surface area contributed by atoms with Gasteiger partial charge in [0.2, 0.25) is 17.7 Å². The first-order valence-corrected chi connectivity index (χ1v) is 15.7. The number of hydrogen-bond donors (Lipinski definition) is 3. The van der Waals surface area contributed by atoms with E-state index in [0.717, 1.165) is 68.1 Å². The Morgan fingerprint density at radius 1 is 0.929 bits per heavy atom. The molecule has 0 saturated heterocycles. The number of benzene rings is 1. The fraction of sp³-hybridized carbons (Fsp3) is 0.697. The monoisotopic (exact) mass is 588 g/mol. The van der Waals surface area contributed by atoms with Crippen LogP contribution in [0.15, 0.2) is 18.2 Å². The van der Waals surface area contributed by atoms with Crippen LogP contribution in [-0.4, -0.2) is 53.4 Å². The zero-order valence-corrected chi connectivity index (χ0v) is 27.1. The van der Waals surface area contributed by atoms with Gasteiger partial charge in [0.15, 0.2) is 0 Å². The summed E-state index contributed by atoms with van der Waals surface area (Å²) in [5.41, 5.74) is 7.34. The first-order chi connectivity index (χ1) is 19.8. The maximum Gasteiger partial charge on any atom is 0.408 e. The highest BCUT2D eigenvalue weighted by atomic mass is 16.6. The van der Waals surface area contributed by atoms with E-state index in [4.69, 9.17) is 10.5 Å². The number of ether oxygens (including phenoxy) is 1. The van der Waals surface area contributed by atoms with Crippen molar-refractivity contribution in [2.24, 2.45) is 5.73 Å². The first-order valence-electron chi connectivity index (χ1n) is 15.7. The van der Waals surface area contributed by atoms with Crippen molar-refractivity contribution in [1.29, 1.82) is 0 Å². The molecule has 42 heavy (non-hydrogen) atoms. The van der Waals surface area contributed by atoms with Crippen LogP contribution in [0.25, 0.3) is 0 Å². The standard InChI is InChI=1S/C33H56N4O5/c1-8-10-12-13-14-16-22-37(31(40)27(19-20-28(34)38)36-32(41)42-33(5,6)7)29(30(39)35-21-15-11-9-2)26-18-17-24(3)23-25(26)4/h17-18,23,27,29H,8-16,19-22H2,1-7H3,(H2,34,38)(H,35,39)(H,36,41). The Morgan fingerprint density at radius 2 is 1.55 bits per heavy atom. The van der Waals surface area contributed by atoms with Crippen LogP contribution in [0.4, 0.5) is 4.79 Å². The topological polar surface area (TPSA) is 131 Å². The molecule has 0 aliphatic rings. The number of carbonyl (C=O) groups excluding carboxylic acids is 4. The Hall–Kier alpha value is -3.10. The smallest absolute Gasteiger partial charge is 0.408 e. The predicted octanol–water partition coefficient (Wildman–Crippen LogP) is 6.00.